The molecule has 0 spiro atoms. The minimum Gasteiger partial charge on any atom is -0.456 e. The normalized spacial score (nSPS) is 52.3. The molecule has 100 valence electrons. The predicted molar refractivity (Wildman–Crippen MR) is 63.5 cm³/mol. The largest absolute Gasteiger partial charge is 0.456 e. The van der Waals surface area contributed by atoms with Crippen LogP contribution in [0.25, 0.3) is 0 Å². The van der Waals surface area contributed by atoms with Crippen LogP contribution in [-0.2, 0) is 14.3 Å². The molecule has 4 heteroatoms. The maximum absolute atomic E-state index is 12.0. The Morgan fingerprint density at radius 3 is 2.56 bits per heavy atom. The zero-order valence-corrected chi connectivity index (χ0v) is 11.3. The van der Waals surface area contributed by atoms with Crippen LogP contribution in [0.1, 0.15) is 34.1 Å². The highest BCUT2D eigenvalue weighted by Gasteiger charge is 2.88. The number of carbonyl (C=O) groups is 2. The molecule has 3 rings (SSSR count). The molecule has 0 aliphatic heterocycles. The summed E-state index contributed by atoms with van der Waals surface area (Å²) >= 11 is 0. The average molecular weight is 252 g/mol. The first kappa shape index (κ1) is 12.2. The summed E-state index contributed by atoms with van der Waals surface area (Å²) in [5, 5.41) is 10.3. The second-order valence-electron chi connectivity index (χ2n) is 7.37. The van der Waals surface area contributed by atoms with E-state index in [0.29, 0.717) is 0 Å². The molecule has 0 amide bonds. The number of hydrogen-bond acceptors (Lipinski definition) is 4. The fourth-order valence-electron chi connectivity index (χ4n) is 4.26. The third kappa shape index (κ3) is 1.11. The SMILES string of the molecule is CC(C)(C)C(=O)OC1(C)C(O)C2CC3(C=O)C2C31. The highest BCUT2D eigenvalue weighted by atomic mass is 16.6. The number of aliphatic hydroxyl groups excluding tert-OH is 1. The van der Waals surface area contributed by atoms with E-state index in [4.69, 9.17) is 4.74 Å². The third-order valence-corrected chi connectivity index (χ3v) is 5.25. The summed E-state index contributed by atoms with van der Waals surface area (Å²) in [6.45, 7) is 7.16. The van der Waals surface area contributed by atoms with E-state index < -0.39 is 17.1 Å². The quantitative estimate of drug-likeness (QED) is 0.591. The van der Waals surface area contributed by atoms with Crippen LogP contribution in [0.4, 0.5) is 0 Å². The minimum atomic E-state index is -0.876. The molecule has 0 saturated heterocycles. The van der Waals surface area contributed by atoms with Gasteiger partial charge in [-0.25, -0.2) is 0 Å². The molecule has 3 aliphatic carbocycles. The molecule has 4 nitrogen and oxygen atoms in total. The standard InChI is InChI=1S/C14H20O4/c1-12(2,3)11(17)18-13(4)9-8-7(10(13)16)5-14(8,9)6-15/h6-10,16H,5H2,1-4H3. The molecule has 0 heterocycles. The fourth-order valence-corrected chi connectivity index (χ4v) is 4.26. The lowest BCUT2D eigenvalue weighted by Crippen LogP contribution is -2.54. The lowest BCUT2D eigenvalue weighted by Gasteiger charge is -2.44. The number of ether oxygens (including phenoxy) is 1. The molecule has 18 heavy (non-hydrogen) atoms. The predicted octanol–water partition coefficient (Wildman–Crippen LogP) is 1.16. The van der Waals surface area contributed by atoms with Gasteiger partial charge < -0.3 is 14.6 Å². The molecular weight excluding hydrogens is 232 g/mol. The fraction of sp³-hybridized carbons (Fsp3) is 0.857. The molecular formula is C14H20O4. The van der Waals surface area contributed by atoms with E-state index in [-0.39, 0.29) is 29.1 Å². The number of aldehydes is 1. The topological polar surface area (TPSA) is 63.6 Å². The Morgan fingerprint density at radius 2 is 2.06 bits per heavy atom. The van der Waals surface area contributed by atoms with Gasteiger partial charge in [0.15, 0.2) is 0 Å². The summed E-state index contributed by atoms with van der Waals surface area (Å²) < 4.78 is 5.61. The second-order valence-corrected chi connectivity index (χ2v) is 7.37. The molecule has 0 aromatic heterocycles. The van der Waals surface area contributed by atoms with Crippen LogP contribution >= 0.6 is 0 Å². The Labute approximate surface area is 107 Å². The van der Waals surface area contributed by atoms with Crippen LogP contribution in [0.15, 0.2) is 0 Å². The molecule has 3 saturated carbocycles. The van der Waals surface area contributed by atoms with E-state index in [1.807, 2.05) is 0 Å². The van der Waals surface area contributed by atoms with E-state index in [2.05, 4.69) is 0 Å². The van der Waals surface area contributed by atoms with E-state index in [1.165, 1.54) is 0 Å². The highest BCUT2D eigenvalue weighted by Crippen LogP contribution is 2.83. The maximum Gasteiger partial charge on any atom is 0.311 e. The van der Waals surface area contributed by atoms with Crippen molar-refractivity contribution < 1.29 is 19.4 Å². The van der Waals surface area contributed by atoms with Gasteiger partial charge in [0.25, 0.3) is 0 Å². The molecule has 3 fully saturated rings. The Hall–Kier alpha value is -0.900. The molecule has 6 unspecified atom stereocenters. The van der Waals surface area contributed by atoms with Crippen molar-refractivity contribution in [1.29, 1.82) is 0 Å². The van der Waals surface area contributed by atoms with Crippen molar-refractivity contribution in [1.82, 2.24) is 0 Å². The van der Waals surface area contributed by atoms with Crippen LogP contribution in [0.5, 0.6) is 0 Å². The summed E-state index contributed by atoms with van der Waals surface area (Å²) in [5.41, 5.74) is -1.76. The maximum atomic E-state index is 12.0. The van der Waals surface area contributed by atoms with Crippen molar-refractivity contribution in [3.63, 3.8) is 0 Å². The van der Waals surface area contributed by atoms with Gasteiger partial charge in [-0.15, -0.1) is 0 Å². The Balaban J connectivity index is 1.84. The molecule has 0 radical (unpaired) electrons. The first-order valence-corrected chi connectivity index (χ1v) is 6.56. The first-order chi connectivity index (χ1) is 8.18. The van der Waals surface area contributed by atoms with Crippen molar-refractivity contribution in [2.45, 2.75) is 45.8 Å². The lowest BCUT2D eigenvalue weighted by atomic mass is 9.67. The lowest BCUT2D eigenvalue weighted by molar-refractivity contribution is -0.193. The smallest absolute Gasteiger partial charge is 0.311 e. The zero-order chi connectivity index (χ0) is 13.5. The van der Waals surface area contributed by atoms with E-state index in [9.17, 15) is 14.7 Å². The number of hydrogen-bond donors (Lipinski definition) is 1. The van der Waals surface area contributed by atoms with Crippen LogP contribution in [-0.4, -0.2) is 29.1 Å². The summed E-state index contributed by atoms with van der Waals surface area (Å²) in [7, 11) is 0. The summed E-state index contributed by atoms with van der Waals surface area (Å²) in [6, 6.07) is 0. The summed E-state index contributed by atoms with van der Waals surface area (Å²) in [4.78, 5) is 23.2. The number of fused-ring (bicyclic) bond motifs is 1. The van der Waals surface area contributed by atoms with Crippen molar-refractivity contribution in [3.05, 3.63) is 0 Å². The van der Waals surface area contributed by atoms with Crippen molar-refractivity contribution in [3.8, 4) is 0 Å². The van der Waals surface area contributed by atoms with Crippen molar-refractivity contribution in [2.24, 2.45) is 28.6 Å². The highest BCUT2D eigenvalue weighted by molar-refractivity contribution is 5.77. The molecule has 1 N–H and O–H groups in total. The zero-order valence-electron chi connectivity index (χ0n) is 11.3. The summed E-state index contributed by atoms with van der Waals surface area (Å²) in [5.74, 6) is 0.0894. The van der Waals surface area contributed by atoms with Crippen LogP contribution < -0.4 is 0 Å². The van der Waals surface area contributed by atoms with Gasteiger partial charge >= 0.3 is 5.97 Å². The van der Waals surface area contributed by atoms with Crippen molar-refractivity contribution in [2.75, 3.05) is 0 Å². The number of aliphatic hydroxyl groups is 1. The number of esters is 1. The number of carbonyl (C=O) groups excluding carboxylic acids is 2. The van der Waals surface area contributed by atoms with E-state index in [1.54, 1.807) is 27.7 Å². The van der Waals surface area contributed by atoms with Gasteiger partial charge in [-0.05, 0) is 46.0 Å². The molecule has 6 atom stereocenters. The van der Waals surface area contributed by atoms with Crippen LogP contribution in [0.3, 0.4) is 0 Å². The molecule has 0 aromatic rings. The minimum absolute atomic E-state index is 0.0220. The van der Waals surface area contributed by atoms with Gasteiger partial charge in [-0.2, -0.15) is 0 Å². The van der Waals surface area contributed by atoms with Gasteiger partial charge in [0.2, 0.25) is 0 Å². The van der Waals surface area contributed by atoms with Gasteiger partial charge in [-0.3, -0.25) is 4.79 Å². The monoisotopic (exact) mass is 252 g/mol. The second kappa shape index (κ2) is 2.98. The van der Waals surface area contributed by atoms with Gasteiger partial charge in [-0.1, -0.05) is 0 Å². The van der Waals surface area contributed by atoms with E-state index in [0.717, 1.165) is 12.7 Å². The summed E-state index contributed by atoms with van der Waals surface area (Å²) in [6.07, 6.45) is 1.14. The van der Waals surface area contributed by atoms with Gasteiger partial charge in [0, 0.05) is 11.3 Å². The van der Waals surface area contributed by atoms with Gasteiger partial charge in [0.05, 0.1) is 11.5 Å². The average Bonchev–Trinajstić information content (AvgIpc) is 2.70. The first-order valence-electron chi connectivity index (χ1n) is 6.56. The van der Waals surface area contributed by atoms with Gasteiger partial charge in [0.1, 0.15) is 11.9 Å². The third-order valence-electron chi connectivity index (χ3n) is 5.25. The van der Waals surface area contributed by atoms with Crippen LogP contribution in [0, 0.1) is 28.6 Å². The van der Waals surface area contributed by atoms with Crippen molar-refractivity contribution >= 4 is 12.3 Å². The number of rotatable bonds is 2. The Morgan fingerprint density at radius 1 is 1.44 bits per heavy atom. The molecule has 0 aromatic carbocycles. The van der Waals surface area contributed by atoms with E-state index >= 15 is 0 Å². The van der Waals surface area contributed by atoms with Crippen LogP contribution in [0.2, 0.25) is 0 Å². The molecule has 0 bridgehead atoms. The Bertz CT molecular complexity index is 438. The molecule has 3 aliphatic rings. The Kier molecular flexibility index (Phi) is 2.01.